The third kappa shape index (κ3) is 4.59. The molecule has 6 nitrogen and oxygen atoms in total. The Morgan fingerprint density at radius 1 is 0.919 bits per heavy atom. The van der Waals surface area contributed by atoms with Gasteiger partial charge in [-0.2, -0.15) is 0 Å². The van der Waals surface area contributed by atoms with E-state index in [2.05, 4.69) is 15.3 Å². The second-order valence-corrected chi connectivity index (χ2v) is 8.72. The molecule has 5 aromatic rings. The van der Waals surface area contributed by atoms with E-state index < -0.39 is 35.1 Å². The van der Waals surface area contributed by atoms with E-state index in [0.717, 1.165) is 29.0 Å². The summed E-state index contributed by atoms with van der Waals surface area (Å²) >= 11 is 6.71. The van der Waals surface area contributed by atoms with E-state index in [0.29, 0.717) is 32.7 Å². The Morgan fingerprint density at radius 2 is 1.65 bits per heavy atom. The minimum atomic E-state index is -1.46. The van der Waals surface area contributed by atoms with Crippen LogP contribution >= 0.6 is 11.6 Å². The van der Waals surface area contributed by atoms with E-state index in [1.54, 1.807) is 36.7 Å². The molecule has 3 aromatic carbocycles. The van der Waals surface area contributed by atoms with Crippen molar-refractivity contribution in [2.45, 2.75) is 12.5 Å². The molecule has 0 saturated heterocycles. The molecule has 0 fully saturated rings. The van der Waals surface area contributed by atoms with E-state index in [9.17, 15) is 23.5 Å². The van der Waals surface area contributed by atoms with Crippen molar-refractivity contribution in [1.82, 2.24) is 15.3 Å². The molecular formula is C28H18ClF2N3O3. The van der Waals surface area contributed by atoms with Gasteiger partial charge in [-0.05, 0) is 23.8 Å². The zero-order valence-corrected chi connectivity index (χ0v) is 19.8. The van der Waals surface area contributed by atoms with Crippen LogP contribution in [0.2, 0.25) is 5.02 Å². The molecule has 2 N–H and O–H groups in total. The number of fused-ring (bicyclic) bond motifs is 2. The minimum Gasteiger partial charge on any atom is -0.480 e. The summed E-state index contributed by atoms with van der Waals surface area (Å²) in [6.07, 6.45) is 3.16. The van der Waals surface area contributed by atoms with Crippen LogP contribution in [0.1, 0.15) is 15.9 Å². The Kier molecular flexibility index (Phi) is 6.50. The Bertz CT molecular complexity index is 1670. The van der Waals surface area contributed by atoms with E-state index in [1.165, 1.54) is 0 Å². The van der Waals surface area contributed by atoms with Crippen molar-refractivity contribution in [3.63, 3.8) is 0 Å². The highest BCUT2D eigenvalue weighted by molar-refractivity contribution is 6.38. The topological polar surface area (TPSA) is 92.2 Å². The summed E-state index contributed by atoms with van der Waals surface area (Å²) in [6.45, 7) is 0. The number of carboxylic acids is 1. The number of aliphatic carboxylic acids is 1. The number of nitrogens with zero attached hydrogens (tertiary/aromatic N) is 2. The second kappa shape index (κ2) is 9.91. The molecule has 2 heterocycles. The van der Waals surface area contributed by atoms with E-state index >= 15 is 0 Å². The summed E-state index contributed by atoms with van der Waals surface area (Å²) in [5, 5.41) is 14.8. The van der Waals surface area contributed by atoms with Crippen LogP contribution in [0.4, 0.5) is 8.78 Å². The lowest BCUT2D eigenvalue weighted by Gasteiger charge is -2.17. The number of aromatic nitrogens is 2. The molecular weight excluding hydrogens is 500 g/mol. The van der Waals surface area contributed by atoms with Crippen molar-refractivity contribution >= 4 is 45.2 Å². The summed E-state index contributed by atoms with van der Waals surface area (Å²) < 4.78 is 28.1. The average Bonchev–Trinajstić information content (AvgIpc) is 2.89. The van der Waals surface area contributed by atoms with Crippen LogP contribution in [0, 0.1) is 11.6 Å². The van der Waals surface area contributed by atoms with Gasteiger partial charge in [-0.3, -0.25) is 14.8 Å². The maximum Gasteiger partial charge on any atom is 0.326 e. The highest BCUT2D eigenvalue weighted by Gasteiger charge is 2.26. The van der Waals surface area contributed by atoms with Crippen molar-refractivity contribution < 1.29 is 23.5 Å². The number of pyridine rings is 2. The maximum atomic E-state index is 14.1. The predicted molar refractivity (Wildman–Crippen MR) is 136 cm³/mol. The molecule has 1 atom stereocenters. The number of benzene rings is 3. The molecule has 1 amide bonds. The Labute approximate surface area is 214 Å². The number of hydrogen-bond acceptors (Lipinski definition) is 4. The molecule has 37 heavy (non-hydrogen) atoms. The molecule has 0 aliphatic rings. The Morgan fingerprint density at radius 3 is 2.41 bits per heavy atom. The first-order valence-corrected chi connectivity index (χ1v) is 11.6. The molecule has 5 rings (SSSR count). The second-order valence-electron chi connectivity index (χ2n) is 8.34. The monoisotopic (exact) mass is 517 g/mol. The molecule has 0 aliphatic heterocycles. The van der Waals surface area contributed by atoms with Crippen molar-refractivity contribution in [3.8, 4) is 11.3 Å². The maximum absolute atomic E-state index is 14.1. The number of halogens is 3. The van der Waals surface area contributed by atoms with Gasteiger partial charge in [-0.25, -0.2) is 13.6 Å². The fraction of sp³-hybridized carbons (Fsp3) is 0.0714. The number of hydrogen-bond donors (Lipinski definition) is 2. The summed E-state index contributed by atoms with van der Waals surface area (Å²) in [5.41, 5.74) is 1.44. The zero-order valence-electron chi connectivity index (χ0n) is 19.1. The molecule has 2 aromatic heterocycles. The first-order valence-electron chi connectivity index (χ1n) is 11.2. The van der Waals surface area contributed by atoms with Gasteiger partial charge in [-0.15, -0.1) is 0 Å². The fourth-order valence-corrected chi connectivity index (χ4v) is 4.60. The van der Waals surface area contributed by atoms with Crippen LogP contribution in [0.15, 0.2) is 79.1 Å². The number of carbonyl (C=O) groups excluding carboxylic acids is 1. The normalized spacial score (nSPS) is 12.0. The molecule has 0 aliphatic carbocycles. The number of rotatable bonds is 6. The summed E-state index contributed by atoms with van der Waals surface area (Å²) in [5.74, 6) is -4.68. The van der Waals surface area contributed by atoms with Gasteiger partial charge < -0.3 is 10.4 Å². The SMILES string of the molecule is O=C(N[C@@H](Cc1ccc(-c2ncc3ccccc3c2Cl)c2ncccc12)C(=O)O)c1c(F)cccc1F. The lowest BCUT2D eigenvalue weighted by atomic mass is 9.96. The zero-order chi connectivity index (χ0) is 26.1. The van der Waals surface area contributed by atoms with Gasteiger partial charge in [0.2, 0.25) is 0 Å². The van der Waals surface area contributed by atoms with E-state index in [4.69, 9.17) is 11.6 Å². The average molecular weight is 518 g/mol. The van der Waals surface area contributed by atoms with Crippen molar-refractivity contribution in [2.75, 3.05) is 0 Å². The van der Waals surface area contributed by atoms with Crippen LogP contribution in [-0.2, 0) is 11.2 Å². The number of amides is 1. The van der Waals surface area contributed by atoms with Gasteiger partial charge in [-0.1, -0.05) is 60.1 Å². The first kappa shape index (κ1) is 24.3. The fourth-order valence-electron chi connectivity index (χ4n) is 4.28. The third-order valence-electron chi connectivity index (χ3n) is 6.07. The minimum absolute atomic E-state index is 0.154. The van der Waals surface area contributed by atoms with Gasteiger partial charge in [0.1, 0.15) is 23.2 Å². The summed E-state index contributed by atoms with van der Waals surface area (Å²) in [4.78, 5) is 33.6. The molecule has 9 heteroatoms. The standard InChI is InChI=1S/C28H18ClF2N3O3/c29-24-17-6-2-1-5-16(17)14-33-26(24)19-11-10-15(18-7-4-12-32-25(18)19)13-22(28(36)37)34-27(35)23-20(30)8-3-9-21(23)31/h1-12,14,22H,13H2,(H,34,35)(H,36,37)/t22-/m0/s1. The molecule has 184 valence electrons. The smallest absolute Gasteiger partial charge is 0.326 e. The lowest BCUT2D eigenvalue weighted by Crippen LogP contribution is -2.43. The van der Waals surface area contributed by atoms with Crippen LogP contribution in [0.25, 0.3) is 32.9 Å². The highest BCUT2D eigenvalue weighted by atomic mass is 35.5. The Balaban J connectivity index is 1.53. The van der Waals surface area contributed by atoms with Crippen LogP contribution in [-0.4, -0.2) is 33.0 Å². The Hall–Kier alpha value is -4.43. The molecule has 0 unspecified atom stereocenters. The number of carboxylic acid groups (broad SMARTS) is 1. The molecule has 0 bridgehead atoms. The molecule has 0 spiro atoms. The van der Waals surface area contributed by atoms with Crippen LogP contribution < -0.4 is 5.32 Å². The predicted octanol–water partition coefficient (Wildman–Crippen LogP) is 5.81. The summed E-state index contributed by atoms with van der Waals surface area (Å²) in [6, 6.07) is 16.0. The van der Waals surface area contributed by atoms with Crippen molar-refractivity contribution in [1.29, 1.82) is 0 Å². The van der Waals surface area contributed by atoms with Gasteiger partial charge >= 0.3 is 5.97 Å². The van der Waals surface area contributed by atoms with Gasteiger partial charge in [0.15, 0.2) is 0 Å². The van der Waals surface area contributed by atoms with E-state index in [1.807, 2.05) is 24.3 Å². The molecule has 0 saturated carbocycles. The van der Waals surface area contributed by atoms with Crippen LogP contribution in [0.3, 0.4) is 0 Å². The first-order chi connectivity index (χ1) is 17.8. The van der Waals surface area contributed by atoms with E-state index in [-0.39, 0.29) is 6.42 Å². The van der Waals surface area contributed by atoms with Gasteiger partial charge in [0, 0.05) is 40.5 Å². The largest absolute Gasteiger partial charge is 0.480 e. The van der Waals surface area contributed by atoms with Gasteiger partial charge in [0.25, 0.3) is 5.91 Å². The van der Waals surface area contributed by atoms with Crippen LogP contribution in [0.5, 0.6) is 0 Å². The van der Waals surface area contributed by atoms with Gasteiger partial charge in [0.05, 0.1) is 16.2 Å². The quantitative estimate of drug-likeness (QED) is 0.297. The third-order valence-corrected chi connectivity index (χ3v) is 6.45. The number of nitrogens with one attached hydrogen (secondary N) is 1. The molecule has 0 radical (unpaired) electrons. The highest BCUT2D eigenvalue weighted by Crippen LogP contribution is 2.36. The lowest BCUT2D eigenvalue weighted by molar-refractivity contribution is -0.139. The van der Waals surface area contributed by atoms with Crippen molar-refractivity contribution in [2.24, 2.45) is 0 Å². The summed E-state index contributed by atoms with van der Waals surface area (Å²) in [7, 11) is 0. The van der Waals surface area contributed by atoms with Crippen molar-refractivity contribution in [3.05, 3.63) is 107 Å². The number of carbonyl (C=O) groups is 2.